The summed E-state index contributed by atoms with van der Waals surface area (Å²) in [6.07, 6.45) is -0.129. The highest BCUT2D eigenvalue weighted by Crippen LogP contribution is 2.45. The Morgan fingerprint density at radius 2 is 0.974 bits per heavy atom. The van der Waals surface area contributed by atoms with E-state index < -0.39 is 0 Å². The van der Waals surface area contributed by atoms with E-state index in [2.05, 4.69) is 103 Å². The van der Waals surface area contributed by atoms with Crippen LogP contribution in [0.4, 0.5) is 0 Å². The molecule has 0 saturated carbocycles. The number of hydrogen-bond donors (Lipinski definition) is 0. The van der Waals surface area contributed by atoms with Gasteiger partial charge >= 0.3 is 0 Å². The van der Waals surface area contributed by atoms with Crippen LogP contribution in [0, 0.1) is 0 Å². The predicted molar refractivity (Wildman–Crippen MR) is 159 cm³/mol. The van der Waals surface area contributed by atoms with Crippen LogP contribution >= 0.6 is 23.5 Å². The van der Waals surface area contributed by atoms with Crippen LogP contribution in [0.25, 0.3) is 0 Å². The largest absolute Gasteiger partial charge is 0.376 e. The summed E-state index contributed by atoms with van der Waals surface area (Å²) in [5.41, 5.74) is 4.85. The molecule has 1 heterocycles. The number of thioether (sulfide) groups is 2. The standard InChI is InChI=1S/C33H34O3S2/c1-5-13-26(14-6-1)21-34-24-30-31(35-22-27-15-7-2-8-16-27)32(36-23-28-17-9-3-10-18-28)33(38-30)37-25-29-19-11-4-12-20-29/h1-20,30-33H,21-25H2/t30-,31+,32+,33?/m0/s1. The highest BCUT2D eigenvalue weighted by molar-refractivity contribution is 8.17. The topological polar surface area (TPSA) is 27.7 Å². The van der Waals surface area contributed by atoms with Crippen molar-refractivity contribution in [2.45, 2.75) is 47.6 Å². The third-order valence-electron chi connectivity index (χ3n) is 6.49. The molecule has 0 aliphatic carbocycles. The molecule has 1 unspecified atom stereocenters. The summed E-state index contributed by atoms with van der Waals surface area (Å²) in [4.78, 5) is 0. The molecule has 5 heteroatoms. The predicted octanol–water partition coefficient (Wildman–Crippen LogP) is 7.75. The number of rotatable bonds is 13. The van der Waals surface area contributed by atoms with Crippen LogP contribution in [0.2, 0.25) is 0 Å². The van der Waals surface area contributed by atoms with Crippen LogP contribution in [-0.2, 0) is 39.8 Å². The Labute approximate surface area is 234 Å². The minimum Gasteiger partial charge on any atom is -0.376 e. The summed E-state index contributed by atoms with van der Waals surface area (Å²) in [6.45, 7) is 2.34. The van der Waals surface area contributed by atoms with Crippen molar-refractivity contribution in [2.75, 3.05) is 6.61 Å². The maximum absolute atomic E-state index is 6.66. The van der Waals surface area contributed by atoms with Gasteiger partial charge in [-0.05, 0) is 22.3 Å². The SMILES string of the molecule is c1ccc(COC[C@@H]2SC(SCc3ccccc3)[C@H](OCc3ccccc3)[C@@H]2OCc2ccccc2)cc1. The second-order valence-corrected chi connectivity index (χ2v) is 12.2. The highest BCUT2D eigenvalue weighted by atomic mass is 32.2. The zero-order valence-electron chi connectivity index (χ0n) is 21.4. The van der Waals surface area contributed by atoms with Crippen molar-refractivity contribution in [1.29, 1.82) is 0 Å². The van der Waals surface area contributed by atoms with Gasteiger partial charge in [0, 0.05) is 5.75 Å². The van der Waals surface area contributed by atoms with E-state index >= 15 is 0 Å². The molecule has 4 aromatic carbocycles. The zero-order valence-corrected chi connectivity index (χ0v) is 23.1. The summed E-state index contributed by atoms with van der Waals surface area (Å²) in [5.74, 6) is 0.937. The summed E-state index contributed by atoms with van der Waals surface area (Å²) < 4.78 is 19.8. The molecule has 1 aliphatic heterocycles. The first-order valence-corrected chi connectivity index (χ1v) is 15.1. The fraction of sp³-hybridized carbons (Fsp3) is 0.273. The van der Waals surface area contributed by atoms with Crippen molar-refractivity contribution < 1.29 is 14.2 Å². The van der Waals surface area contributed by atoms with Gasteiger partial charge in [-0.2, -0.15) is 0 Å². The number of ether oxygens (including phenoxy) is 3. The van der Waals surface area contributed by atoms with Crippen LogP contribution in [-0.4, -0.2) is 28.6 Å². The van der Waals surface area contributed by atoms with E-state index in [1.807, 2.05) is 41.7 Å². The molecule has 196 valence electrons. The van der Waals surface area contributed by atoms with Gasteiger partial charge in [0.1, 0.15) is 12.2 Å². The van der Waals surface area contributed by atoms with Gasteiger partial charge in [-0.15, -0.1) is 23.5 Å². The molecule has 4 atom stereocenters. The van der Waals surface area contributed by atoms with Gasteiger partial charge in [0.15, 0.2) is 0 Å². The molecular weight excluding hydrogens is 508 g/mol. The average molecular weight is 543 g/mol. The maximum atomic E-state index is 6.66. The van der Waals surface area contributed by atoms with Crippen LogP contribution < -0.4 is 0 Å². The molecule has 1 aliphatic rings. The zero-order chi connectivity index (χ0) is 25.8. The van der Waals surface area contributed by atoms with Gasteiger partial charge in [-0.1, -0.05) is 121 Å². The minimum atomic E-state index is -0.0760. The lowest BCUT2D eigenvalue weighted by atomic mass is 10.1. The lowest BCUT2D eigenvalue weighted by molar-refractivity contribution is -0.0793. The van der Waals surface area contributed by atoms with Crippen molar-refractivity contribution in [3.8, 4) is 0 Å². The lowest BCUT2D eigenvalue weighted by Crippen LogP contribution is -2.38. The Morgan fingerprint density at radius 1 is 0.526 bits per heavy atom. The molecule has 0 N–H and O–H groups in total. The number of hydrogen-bond acceptors (Lipinski definition) is 5. The second-order valence-electron chi connectivity index (χ2n) is 9.36. The molecule has 38 heavy (non-hydrogen) atoms. The molecule has 0 aromatic heterocycles. The monoisotopic (exact) mass is 542 g/mol. The maximum Gasteiger partial charge on any atom is 0.106 e. The third-order valence-corrected chi connectivity index (χ3v) is 9.62. The Balaban J connectivity index is 1.31. The van der Waals surface area contributed by atoms with Crippen molar-refractivity contribution in [2.24, 2.45) is 0 Å². The van der Waals surface area contributed by atoms with Crippen LogP contribution in [0.5, 0.6) is 0 Å². The van der Waals surface area contributed by atoms with Gasteiger partial charge in [0.25, 0.3) is 0 Å². The quantitative estimate of drug-likeness (QED) is 0.172. The van der Waals surface area contributed by atoms with Gasteiger partial charge in [0.2, 0.25) is 0 Å². The lowest BCUT2D eigenvalue weighted by Gasteiger charge is -2.26. The fourth-order valence-corrected chi connectivity index (χ4v) is 7.71. The first-order valence-electron chi connectivity index (χ1n) is 13.1. The van der Waals surface area contributed by atoms with Crippen LogP contribution in [0.3, 0.4) is 0 Å². The molecule has 0 radical (unpaired) electrons. The van der Waals surface area contributed by atoms with Gasteiger partial charge in [-0.3, -0.25) is 0 Å². The molecule has 3 nitrogen and oxygen atoms in total. The molecule has 5 rings (SSSR count). The molecule has 0 bridgehead atoms. The first kappa shape index (κ1) is 27.0. The third kappa shape index (κ3) is 7.98. The van der Waals surface area contributed by atoms with E-state index in [-0.39, 0.29) is 22.0 Å². The highest BCUT2D eigenvalue weighted by Gasteiger charge is 2.46. The summed E-state index contributed by atoms with van der Waals surface area (Å²) >= 11 is 3.88. The van der Waals surface area contributed by atoms with Crippen molar-refractivity contribution in [1.82, 2.24) is 0 Å². The second kappa shape index (κ2) is 14.6. The summed E-state index contributed by atoms with van der Waals surface area (Å²) in [7, 11) is 0. The molecule has 1 saturated heterocycles. The molecule has 0 spiro atoms. The fourth-order valence-electron chi connectivity index (χ4n) is 4.49. The van der Waals surface area contributed by atoms with E-state index in [9.17, 15) is 0 Å². The Morgan fingerprint density at radius 3 is 1.50 bits per heavy atom. The van der Waals surface area contributed by atoms with Crippen molar-refractivity contribution in [3.05, 3.63) is 144 Å². The Bertz CT molecular complexity index is 1190. The average Bonchev–Trinajstić information content (AvgIpc) is 3.32. The van der Waals surface area contributed by atoms with E-state index in [1.165, 1.54) is 22.3 Å². The number of benzene rings is 4. The summed E-state index contributed by atoms with van der Waals surface area (Å²) in [5, 5.41) is 0.177. The first-order chi connectivity index (χ1) is 18.8. The normalized spacial score (nSPS) is 20.9. The molecule has 1 fully saturated rings. The van der Waals surface area contributed by atoms with E-state index in [1.54, 1.807) is 0 Å². The summed E-state index contributed by atoms with van der Waals surface area (Å²) in [6, 6.07) is 41.8. The van der Waals surface area contributed by atoms with Crippen LogP contribution in [0.15, 0.2) is 121 Å². The molecule has 0 amide bonds. The van der Waals surface area contributed by atoms with Gasteiger partial charge in [-0.25, -0.2) is 0 Å². The van der Waals surface area contributed by atoms with Gasteiger partial charge < -0.3 is 14.2 Å². The van der Waals surface area contributed by atoms with E-state index in [0.717, 1.165) is 5.75 Å². The molecular formula is C33H34O3S2. The molecule has 4 aromatic rings. The van der Waals surface area contributed by atoms with Crippen molar-refractivity contribution in [3.63, 3.8) is 0 Å². The Kier molecular flexibility index (Phi) is 10.4. The van der Waals surface area contributed by atoms with Gasteiger partial charge in [0.05, 0.1) is 36.3 Å². The van der Waals surface area contributed by atoms with E-state index in [4.69, 9.17) is 14.2 Å². The van der Waals surface area contributed by atoms with Crippen LogP contribution in [0.1, 0.15) is 22.3 Å². The Hall–Kier alpha value is -2.54. The van der Waals surface area contributed by atoms with Crippen molar-refractivity contribution >= 4 is 23.5 Å². The smallest absolute Gasteiger partial charge is 0.106 e. The van der Waals surface area contributed by atoms with E-state index in [0.29, 0.717) is 26.4 Å². The minimum absolute atomic E-state index is 0.0528.